The molecule has 5 heteroatoms. The number of carbonyl (C=O) groups is 2. The Bertz CT molecular complexity index is 1030. The van der Waals surface area contributed by atoms with Crippen LogP contribution in [0.5, 0.6) is 0 Å². The van der Waals surface area contributed by atoms with Gasteiger partial charge in [0, 0.05) is 17.3 Å². The van der Waals surface area contributed by atoms with E-state index in [0.29, 0.717) is 17.0 Å². The Hall–Kier alpha value is -3.60. The van der Waals surface area contributed by atoms with Gasteiger partial charge in [0.1, 0.15) is 11.5 Å². The molecule has 148 valence electrons. The van der Waals surface area contributed by atoms with E-state index >= 15 is 0 Å². The lowest BCUT2D eigenvalue weighted by molar-refractivity contribution is -0.113. The third-order valence-electron chi connectivity index (χ3n) is 4.43. The lowest BCUT2D eigenvalue weighted by atomic mass is 10.0. The van der Waals surface area contributed by atoms with E-state index in [1.54, 1.807) is 30.3 Å². The molecule has 0 aliphatic rings. The molecule has 0 fully saturated rings. The van der Waals surface area contributed by atoms with E-state index in [2.05, 4.69) is 24.5 Å². The zero-order valence-corrected chi connectivity index (χ0v) is 16.7. The van der Waals surface area contributed by atoms with Crippen molar-refractivity contribution in [3.63, 3.8) is 0 Å². The largest absolute Gasteiger partial charge is 0.465 e. The summed E-state index contributed by atoms with van der Waals surface area (Å²) in [7, 11) is 0. The van der Waals surface area contributed by atoms with Crippen molar-refractivity contribution in [3.05, 3.63) is 95.1 Å². The van der Waals surface area contributed by atoms with Crippen LogP contribution >= 0.6 is 0 Å². The van der Waals surface area contributed by atoms with E-state index in [1.165, 1.54) is 12.3 Å². The second-order valence-corrected chi connectivity index (χ2v) is 7.09. The van der Waals surface area contributed by atoms with Gasteiger partial charge in [-0.2, -0.15) is 0 Å². The number of para-hydroxylation sites is 1. The summed E-state index contributed by atoms with van der Waals surface area (Å²) in [6.07, 6.45) is 3.03. The molecule has 5 nitrogen and oxygen atoms in total. The fourth-order valence-electron chi connectivity index (χ4n) is 2.96. The fourth-order valence-corrected chi connectivity index (χ4v) is 2.96. The number of rotatable bonds is 6. The first kappa shape index (κ1) is 20.1. The highest BCUT2D eigenvalue weighted by Crippen LogP contribution is 2.24. The molecule has 0 unspecified atom stereocenters. The summed E-state index contributed by atoms with van der Waals surface area (Å²) in [6.45, 7) is 6.03. The van der Waals surface area contributed by atoms with Gasteiger partial charge in [-0.3, -0.25) is 9.59 Å². The number of benzene rings is 2. The first-order chi connectivity index (χ1) is 13.9. The van der Waals surface area contributed by atoms with Crippen molar-refractivity contribution < 1.29 is 14.0 Å². The van der Waals surface area contributed by atoms with E-state index in [9.17, 15) is 9.59 Å². The summed E-state index contributed by atoms with van der Waals surface area (Å²) >= 11 is 0. The monoisotopic (exact) mass is 388 g/mol. The lowest BCUT2D eigenvalue weighted by Crippen LogP contribution is -2.31. The first-order valence-corrected chi connectivity index (χ1v) is 9.47. The van der Waals surface area contributed by atoms with Gasteiger partial charge in [-0.15, -0.1) is 0 Å². The van der Waals surface area contributed by atoms with Crippen LogP contribution in [0.15, 0.2) is 77.0 Å². The maximum Gasteiger partial charge on any atom is 0.272 e. The molecule has 3 aromatic rings. The van der Waals surface area contributed by atoms with Crippen LogP contribution in [-0.4, -0.2) is 11.8 Å². The number of furan rings is 1. The van der Waals surface area contributed by atoms with E-state index in [1.807, 2.05) is 37.3 Å². The Balaban J connectivity index is 1.88. The minimum Gasteiger partial charge on any atom is -0.465 e. The number of anilines is 1. The average molecular weight is 388 g/mol. The van der Waals surface area contributed by atoms with Crippen molar-refractivity contribution in [2.24, 2.45) is 0 Å². The van der Waals surface area contributed by atoms with Crippen LogP contribution in [0.2, 0.25) is 0 Å². The molecular weight excluding hydrogens is 364 g/mol. The minimum absolute atomic E-state index is 0.102. The Morgan fingerprint density at radius 2 is 1.79 bits per heavy atom. The highest BCUT2D eigenvalue weighted by molar-refractivity contribution is 6.10. The molecular formula is C24H24N2O3. The summed E-state index contributed by atoms with van der Waals surface area (Å²) in [5.41, 5.74) is 3.27. The smallest absolute Gasteiger partial charge is 0.272 e. The molecule has 2 aromatic carbocycles. The summed E-state index contributed by atoms with van der Waals surface area (Å²) in [6, 6.07) is 18.2. The Morgan fingerprint density at radius 3 is 2.48 bits per heavy atom. The molecule has 0 aliphatic heterocycles. The third kappa shape index (κ3) is 5.23. The van der Waals surface area contributed by atoms with E-state index < -0.39 is 5.91 Å². The van der Waals surface area contributed by atoms with Crippen molar-refractivity contribution in [2.75, 3.05) is 5.32 Å². The van der Waals surface area contributed by atoms with E-state index in [4.69, 9.17) is 4.42 Å². The molecule has 1 aromatic heterocycles. The van der Waals surface area contributed by atoms with Crippen LogP contribution in [-0.2, 0) is 4.79 Å². The predicted octanol–water partition coefficient (Wildman–Crippen LogP) is 5.12. The molecule has 1 heterocycles. The maximum atomic E-state index is 13.0. The topological polar surface area (TPSA) is 71.3 Å². The van der Waals surface area contributed by atoms with Crippen LogP contribution in [0.1, 0.15) is 47.0 Å². The molecule has 0 spiro atoms. The molecule has 0 saturated heterocycles. The number of carbonyl (C=O) groups excluding carboxylic acids is 2. The van der Waals surface area contributed by atoms with Crippen molar-refractivity contribution in [1.29, 1.82) is 0 Å². The van der Waals surface area contributed by atoms with Crippen molar-refractivity contribution in [3.8, 4) is 0 Å². The number of nitrogens with one attached hydrogen (secondary N) is 2. The molecule has 3 rings (SSSR count). The van der Waals surface area contributed by atoms with Crippen molar-refractivity contribution in [1.82, 2.24) is 5.32 Å². The van der Waals surface area contributed by atoms with Crippen LogP contribution in [0.4, 0.5) is 5.69 Å². The Labute approximate surface area is 170 Å². The number of hydrogen-bond donors (Lipinski definition) is 2. The second-order valence-electron chi connectivity index (χ2n) is 7.09. The van der Waals surface area contributed by atoms with Gasteiger partial charge in [0.2, 0.25) is 0 Å². The van der Waals surface area contributed by atoms with Gasteiger partial charge in [-0.05, 0) is 48.7 Å². The van der Waals surface area contributed by atoms with E-state index in [-0.39, 0.29) is 17.5 Å². The molecule has 0 saturated carbocycles. The molecule has 0 aliphatic carbocycles. The Morgan fingerprint density at radius 1 is 1.00 bits per heavy atom. The van der Waals surface area contributed by atoms with Crippen LogP contribution in [0, 0.1) is 6.92 Å². The quantitative estimate of drug-likeness (QED) is 0.576. The van der Waals surface area contributed by atoms with Gasteiger partial charge >= 0.3 is 0 Å². The summed E-state index contributed by atoms with van der Waals surface area (Å²) in [5.74, 6) is -0.0722. The average Bonchev–Trinajstić information content (AvgIpc) is 3.20. The normalized spacial score (nSPS) is 11.4. The Kier molecular flexibility index (Phi) is 6.29. The zero-order chi connectivity index (χ0) is 20.8. The SMILES string of the molecule is Cc1cccc(C(=O)N/C(=C\c2ccco2)C(=O)Nc2ccccc2C(C)C)c1. The predicted molar refractivity (Wildman–Crippen MR) is 114 cm³/mol. The van der Waals surface area contributed by atoms with Gasteiger partial charge in [0.25, 0.3) is 11.8 Å². The van der Waals surface area contributed by atoms with Crippen LogP contribution < -0.4 is 10.6 Å². The molecule has 29 heavy (non-hydrogen) atoms. The van der Waals surface area contributed by atoms with Crippen molar-refractivity contribution >= 4 is 23.6 Å². The number of hydrogen-bond acceptors (Lipinski definition) is 3. The van der Waals surface area contributed by atoms with E-state index in [0.717, 1.165) is 11.1 Å². The lowest BCUT2D eigenvalue weighted by Gasteiger charge is -2.15. The summed E-state index contributed by atoms with van der Waals surface area (Å²) in [4.78, 5) is 25.7. The summed E-state index contributed by atoms with van der Waals surface area (Å²) < 4.78 is 5.33. The van der Waals surface area contributed by atoms with Gasteiger partial charge < -0.3 is 15.1 Å². The minimum atomic E-state index is -0.421. The third-order valence-corrected chi connectivity index (χ3v) is 4.43. The molecule has 2 amide bonds. The van der Waals surface area contributed by atoms with Crippen LogP contribution in [0.25, 0.3) is 6.08 Å². The molecule has 0 bridgehead atoms. The standard InChI is InChI=1S/C24H24N2O3/c1-16(2)20-11-4-5-12-21(20)25-24(28)22(15-19-10-7-13-29-19)26-23(27)18-9-6-8-17(3)14-18/h4-16H,1-3H3,(H,25,28)(H,26,27)/b22-15-. The highest BCUT2D eigenvalue weighted by Gasteiger charge is 2.17. The van der Waals surface area contributed by atoms with Gasteiger partial charge in [0.05, 0.1) is 6.26 Å². The molecule has 2 N–H and O–H groups in total. The van der Waals surface area contributed by atoms with Gasteiger partial charge in [-0.1, -0.05) is 49.7 Å². The number of aryl methyl sites for hydroxylation is 1. The first-order valence-electron chi connectivity index (χ1n) is 9.47. The number of amides is 2. The fraction of sp³-hybridized carbons (Fsp3) is 0.167. The molecule has 0 atom stereocenters. The second kappa shape index (κ2) is 9.06. The highest BCUT2D eigenvalue weighted by atomic mass is 16.3. The maximum absolute atomic E-state index is 13.0. The van der Waals surface area contributed by atoms with Crippen molar-refractivity contribution in [2.45, 2.75) is 26.7 Å². The van der Waals surface area contributed by atoms with Gasteiger partial charge in [0.15, 0.2) is 0 Å². The van der Waals surface area contributed by atoms with Crippen LogP contribution in [0.3, 0.4) is 0 Å². The molecule has 0 radical (unpaired) electrons. The summed E-state index contributed by atoms with van der Waals surface area (Å²) in [5, 5.41) is 5.63. The van der Waals surface area contributed by atoms with Gasteiger partial charge in [-0.25, -0.2) is 0 Å². The zero-order valence-electron chi connectivity index (χ0n) is 16.7.